The third-order valence-electron chi connectivity index (χ3n) is 4.18. The zero-order chi connectivity index (χ0) is 15.4. The Balaban J connectivity index is 2.05. The predicted octanol–water partition coefficient (Wildman–Crippen LogP) is 0.857. The molecule has 1 aliphatic heterocycles. The van der Waals surface area contributed by atoms with Crippen molar-refractivity contribution in [3.63, 3.8) is 0 Å². The highest BCUT2D eigenvalue weighted by molar-refractivity contribution is 5.69. The van der Waals surface area contributed by atoms with Crippen LogP contribution in [-0.4, -0.2) is 53.4 Å². The van der Waals surface area contributed by atoms with Gasteiger partial charge in [-0.3, -0.25) is 14.4 Å². The van der Waals surface area contributed by atoms with Gasteiger partial charge in [0.05, 0.1) is 12.3 Å². The molecule has 1 N–H and O–H groups in total. The van der Waals surface area contributed by atoms with E-state index in [0.29, 0.717) is 12.6 Å². The smallest absolute Gasteiger partial charge is 0.327 e. The summed E-state index contributed by atoms with van der Waals surface area (Å²) in [6.45, 7) is 9.44. The van der Waals surface area contributed by atoms with Gasteiger partial charge in [-0.25, -0.2) is 0 Å². The number of rotatable bonds is 6. The number of aromatic nitrogens is 2. The minimum Gasteiger partial charge on any atom is -0.465 e. The van der Waals surface area contributed by atoms with Gasteiger partial charge in [-0.1, -0.05) is 0 Å². The summed E-state index contributed by atoms with van der Waals surface area (Å²) in [5, 5.41) is 7.88. The van der Waals surface area contributed by atoms with Gasteiger partial charge in [0.1, 0.15) is 6.54 Å². The van der Waals surface area contributed by atoms with E-state index in [0.717, 1.165) is 31.0 Å². The number of likely N-dealkylation sites (N-methyl/N-ethyl adjacent to an activating group) is 1. The molecule has 0 aromatic carbocycles. The van der Waals surface area contributed by atoms with Crippen molar-refractivity contribution in [2.24, 2.45) is 0 Å². The summed E-state index contributed by atoms with van der Waals surface area (Å²) < 4.78 is 6.75. The topological polar surface area (TPSA) is 59.4 Å². The largest absolute Gasteiger partial charge is 0.465 e. The predicted molar refractivity (Wildman–Crippen MR) is 81.1 cm³/mol. The van der Waals surface area contributed by atoms with E-state index < -0.39 is 0 Å². The van der Waals surface area contributed by atoms with Gasteiger partial charge in [-0.05, 0) is 40.8 Å². The van der Waals surface area contributed by atoms with Crippen LogP contribution in [0.2, 0.25) is 0 Å². The first-order valence-electron chi connectivity index (χ1n) is 7.62. The summed E-state index contributed by atoms with van der Waals surface area (Å²) in [6, 6.07) is 0.581. The molecular weight excluding hydrogens is 268 g/mol. The van der Waals surface area contributed by atoms with E-state index in [1.807, 2.05) is 20.8 Å². The molecule has 0 spiro atoms. The van der Waals surface area contributed by atoms with E-state index >= 15 is 0 Å². The number of aryl methyl sites for hydroxylation is 1. The van der Waals surface area contributed by atoms with Crippen molar-refractivity contribution in [2.75, 3.05) is 26.7 Å². The number of nitrogens with zero attached hydrogens (tertiary/aromatic N) is 3. The van der Waals surface area contributed by atoms with Crippen LogP contribution in [0, 0.1) is 13.8 Å². The van der Waals surface area contributed by atoms with Crippen molar-refractivity contribution in [1.82, 2.24) is 20.0 Å². The SMILES string of the molecule is CCOC(=O)Cn1nc(C)c(CN(C)C2CCNC2)c1C. The second kappa shape index (κ2) is 7.04. The molecule has 2 rings (SSSR count). The second-order valence-electron chi connectivity index (χ2n) is 5.67. The van der Waals surface area contributed by atoms with E-state index in [2.05, 4.69) is 22.4 Å². The van der Waals surface area contributed by atoms with Crippen molar-refractivity contribution in [1.29, 1.82) is 0 Å². The molecule has 118 valence electrons. The molecule has 0 bridgehead atoms. The summed E-state index contributed by atoms with van der Waals surface area (Å²) in [6.07, 6.45) is 1.19. The molecule has 6 nitrogen and oxygen atoms in total. The third-order valence-corrected chi connectivity index (χ3v) is 4.18. The standard InChI is InChI=1S/C15H26N4O2/c1-5-21-15(20)10-19-12(3)14(11(2)17-19)9-18(4)13-6-7-16-8-13/h13,16H,5-10H2,1-4H3. The Morgan fingerprint density at radius 1 is 1.52 bits per heavy atom. The van der Waals surface area contributed by atoms with Crippen LogP contribution in [0.1, 0.15) is 30.3 Å². The first kappa shape index (κ1) is 16.0. The number of carbonyl (C=O) groups excluding carboxylic acids is 1. The Morgan fingerprint density at radius 3 is 2.90 bits per heavy atom. The Bertz CT molecular complexity index is 492. The molecule has 1 saturated heterocycles. The Morgan fingerprint density at radius 2 is 2.29 bits per heavy atom. The van der Waals surface area contributed by atoms with E-state index in [9.17, 15) is 4.79 Å². The molecular formula is C15H26N4O2. The van der Waals surface area contributed by atoms with Crippen LogP contribution in [0.15, 0.2) is 0 Å². The lowest BCUT2D eigenvalue weighted by atomic mass is 10.1. The van der Waals surface area contributed by atoms with E-state index in [1.165, 1.54) is 12.0 Å². The van der Waals surface area contributed by atoms with Crippen LogP contribution in [0.5, 0.6) is 0 Å². The second-order valence-corrected chi connectivity index (χ2v) is 5.67. The monoisotopic (exact) mass is 294 g/mol. The number of hydrogen-bond donors (Lipinski definition) is 1. The number of esters is 1. The van der Waals surface area contributed by atoms with Gasteiger partial charge < -0.3 is 10.1 Å². The van der Waals surface area contributed by atoms with Gasteiger partial charge >= 0.3 is 5.97 Å². The Hall–Kier alpha value is -1.40. The fourth-order valence-electron chi connectivity index (χ4n) is 2.84. The highest BCUT2D eigenvalue weighted by Crippen LogP contribution is 2.18. The fourth-order valence-corrected chi connectivity index (χ4v) is 2.84. The quantitative estimate of drug-likeness (QED) is 0.789. The first-order chi connectivity index (χ1) is 10.0. The molecule has 1 unspecified atom stereocenters. The molecule has 0 saturated carbocycles. The van der Waals surface area contributed by atoms with Gasteiger partial charge in [0.15, 0.2) is 0 Å². The van der Waals surface area contributed by atoms with Crippen molar-refractivity contribution in [3.8, 4) is 0 Å². The average Bonchev–Trinajstić information content (AvgIpc) is 3.04. The molecule has 2 heterocycles. The van der Waals surface area contributed by atoms with Crippen molar-refractivity contribution < 1.29 is 9.53 Å². The molecule has 0 amide bonds. The summed E-state index contributed by atoms with van der Waals surface area (Å²) >= 11 is 0. The van der Waals surface area contributed by atoms with E-state index in [1.54, 1.807) is 4.68 Å². The van der Waals surface area contributed by atoms with Crippen LogP contribution in [-0.2, 0) is 22.6 Å². The van der Waals surface area contributed by atoms with Crippen LogP contribution in [0.25, 0.3) is 0 Å². The molecule has 0 aliphatic carbocycles. The molecule has 0 radical (unpaired) electrons. The third kappa shape index (κ3) is 3.83. The minimum absolute atomic E-state index is 0.190. The number of hydrogen-bond acceptors (Lipinski definition) is 5. The van der Waals surface area contributed by atoms with Crippen LogP contribution in [0.3, 0.4) is 0 Å². The maximum Gasteiger partial charge on any atom is 0.327 e. The van der Waals surface area contributed by atoms with Crippen LogP contribution >= 0.6 is 0 Å². The number of carbonyl (C=O) groups is 1. The molecule has 6 heteroatoms. The van der Waals surface area contributed by atoms with Crippen molar-refractivity contribution >= 4 is 5.97 Å². The summed E-state index contributed by atoms with van der Waals surface area (Å²) in [7, 11) is 2.15. The number of ether oxygens (including phenoxy) is 1. The van der Waals surface area contributed by atoms with Gasteiger partial charge in [0, 0.05) is 30.4 Å². The van der Waals surface area contributed by atoms with Gasteiger partial charge in [0.25, 0.3) is 0 Å². The number of nitrogens with one attached hydrogen (secondary N) is 1. The van der Waals surface area contributed by atoms with Crippen molar-refractivity contribution in [3.05, 3.63) is 17.0 Å². The maximum absolute atomic E-state index is 11.6. The zero-order valence-electron chi connectivity index (χ0n) is 13.5. The molecule has 1 atom stereocenters. The highest BCUT2D eigenvalue weighted by Gasteiger charge is 2.22. The normalized spacial score (nSPS) is 18.4. The average molecular weight is 294 g/mol. The van der Waals surface area contributed by atoms with E-state index in [-0.39, 0.29) is 12.5 Å². The molecule has 21 heavy (non-hydrogen) atoms. The van der Waals surface area contributed by atoms with Crippen LogP contribution in [0.4, 0.5) is 0 Å². The molecule has 1 aromatic rings. The fraction of sp³-hybridized carbons (Fsp3) is 0.733. The lowest BCUT2D eigenvalue weighted by molar-refractivity contribution is -0.144. The maximum atomic E-state index is 11.6. The minimum atomic E-state index is -0.233. The van der Waals surface area contributed by atoms with Gasteiger partial charge in [-0.2, -0.15) is 5.10 Å². The molecule has 1 aliphatic rings. The molecule has 1 aromatic heterocycles. The molecule has 1 fully saturated rings. The van der Waals surface area contributed by atoms with Gasteiger partial charge in [-0.15, -0.1) is 0 Å². The highest BCUT2D eigenvalue weighted by atomic mass is 16.5. The lowest BCUT2D eigenvalue weighted by Crippen LogP contribution is -2.33. The summed E-state index contributed by atoms with van der Waals surface area (Å²) in [5.74, 6) is -0.233. The first-order valence-corrected chi connectivity index (χ1v) is 7.62. The van der Waals surface area contributed by atoms with Crippen molar-refractivity contribution in [2.45, 2.75) is 46.3 Å². The zero-order valence-corrected chi connectivity index (χ0v) is 13.5. The van der Waals surface area contributed by atoms with Gasteiger partial charge in [0.2, 0.25) is 0 Å². The Labute approximate surface area is 126 Å². The van der Waals surface area contributed by atoms with E-state index in [4.69, 9.17) is 4.74 Å². The summed E-state index contributed by atoms with van der Waals surface area (Å²) in [4.78, 5) is 14.0. The van der Waals surface area contributed by atoms with Crippen LogP contribution < -0.4 is 5.32 Å². The lowest BCUT2D eigenvalue weighted by Gasteiger charge is -2.23. The Kier molecular flexibility index (Phi) is 5.36. The summed E-state index contributed by atoms with van der Waals surface area (Å²) in [5.41, 5.74) is 3.27.